The van der Waals surface area contributed by atoms with Crippen LogP contribution in [0.25, 0.3) is 11.5 Å². The minimum atomic E-state index is -1.23. The van der Waals surface area contributed by atoms with Gasteiger partial charge < -0.3 is 15.2 Å². The average Bonchev–Trinajstić information content (AvgIpc) is 3.02. The zero-order chi connectivity index (χ0) is 14.3. The van der Waals surface area contributed by atoms with Gasteiger partial charge in [0.1, 0.15) is 5.65 Å². The highest BCUT2D eigenvalue weighted by atomic mass is 16.6. The lowest BCUT2D eigenvalue weighted by Gasteiger charge is -1.96. The molecule has 10 heteroatoms. The van der Waals surface area contributed by atoms with Crippen LogP contribution in [-0.4, -0.2) is 40.1 Å². The van der Waals surface area contributed by atoms with Crippen molar-refractivity contribution < 1.29 is 14.8 Å². The van der Waals surface area contributed by atoms with Gasteiger partial charge in [-0.15, -0.1) is 4.68 Å². The summed E-state index contributed by atoms with van der Waals surface area (Å²) < 4.78 is 2.32. The molecule has 0 aliphatic carbocycles. The molecule has 0 spiro atoms. The first-order valence-corrected chi connectivity index (χ1v) is 5.35. The smallest absolute Gasteiger partial charge is 0.476 e. The number of nitrogens with zero attached hydrogens (tertiary/aromatic N) is 6. The van der Waals surface area contributed by atoms with Crippen LogP contribution < -0.4 is 0 Å². The minimum Gasteiger partial charge on any atom is -0.476 e. The van der Waals surface area contributed by atoms with Gasteiger partial charge in [0.2, 0.25) is 12.1 Å². The lowest BCUT2D eigenvalue weighted by molar-refractivity contribution is -0.394. The van der Waals surface area contributed by atoms with Crippen molar-refractivity contribution in [3.63, 3.8) is 0 Å². The first-order valence-electron chi connectivity index (χ1n) is 5.35. The summed E-state index contributed by atoms with van der Waals surface area (Å²) >= 11 is 0. The van der Waals surface area contributed by atoms with E-state index in [4.69, 9.17) is 0 Å². The Labute approximate surface area is 110 Å². The maximum atomic E-state index is 11.4. The number of imidazole rings is 1. The van der Waals surface area contributed by atoms with Crippen molar-refractivity contribution in [2.45, 2.75) is 0 Å². The van der Waals surface area contributed by atoms with Crippen molar-refractivity contribution in [1.29, 1.82) is 0 Å². The van der Waals surface area contributed by atoms with Crippen molar-refractivity contribution in [3.8, 4) is 5.82 Å². The third kappa shape index (κ3) is 1.67. The third-order valence-electron chi connectivity index (χ3n) is 2.57. The molecular formula is C10H6N6O4. The Morgan fingerprint density at radius 1 is 1.40 bits per heavy atom. The highest BCUT2D eigenvalue weighted by molar-refractivity contribution is 5.90. The van der Waals surface area contributed by atoms with Crippen molar-refractivity contribution >= 4 is 17.6 Å². The van der Waals surface area contributed by atoms with Gasteiger partial charge in [-0.05, 0) is 17.1 Å². The maximum Gasteiger partial charge on any atom is 0.491 e. The number of hydrogen-bond acceptors (Lipinski definition) is 6. The van der Waals surface area contributed by atoms with Gasteiger partial charge in [0.25, 0.3) is 0 Å². The molecule has 0 aromatic carbocycles. The number of fused-ring (bicyclic) bond motifs is 1. The topological polar surface area (TPSA) is 128 Å². The molecule has 0 radical (unpaired) electrons. The normalized spacial score (nSPS) is 10.8. The quantitative estimate of drug-likeness (QED) is 0.544. The van der Waals surface area contributed by atoms with E-state index in [0.717, 1.165) is 11.0 Å². The first kappa shape index (κ1) is 11.8. The average molecular weight is 274 g/mol. The second-order valence-corrected chi connectivity index (χ2v) is 3.76. The van der Waals surface area contributed by atoms with E-state index in [1.54, 1.807) is 18.2 Å². The molecule has 0 bridgehead atoms. The van der Waals surface area contributed by atoms with Crippen LogP contribution in [0, 0.1) is 10.1 Å². The van der Waals surface area contributed by atoms with E-state index in [9.17, 15) is 20.0 Å². The predicted molar refractivity (Wildman–Crippen MR) is 63.7 cm³/mol. The number of aromatic nitrogens is 5. The highest BCUT2D eigenvalue weighted by Crippen LogP contribution is 2.17. The molecule has 20 heavy (non-hydrogen) atoms. The van der Waals surface area contributed by atoms with Crippen molar-refractivity contribution in [2.75, 3.05) is 0 Å². The fourth-order valence-corrected chi connectivity index (χ4v) is 1.78. The Balaban J connectivity index is 2.26. The molecule has 3 heterocycles. The van der Waals surface area contributed by atoms with Crippen molar-refractivity contribution in [2.24, 2.45) is 0 Å². The largest absolute Gasteiger partial charge is 0.491 e. The molecule has 0 aliphatic rings. The SMILES string of the molecule is O=C(O)c1c(-n2cnc([N+](=O)[O-])n2)nc2ccccn12. The van der Waals surface area contributed by atoms with Crippen LogP contribution in [0.5, 0.6) is 0 Å². The van der Waals surface area contributed by atoms with Crippen molar-refractivity contribution in [3.05, 3.63) is 46.5 Å². The van der Waals surface area contributed by atoms with Gasteiger partial charge >= 0.3 is 11.9 Å². The van der Waals surface area contributed by atoms with E-state index in [1.807, 2.05) is 0 Å². The van der Waals surface area contributed by atoms with Crippen LogP contribution in [0.15, 0.2) is 30.7 Å². The van der Waals surface area contributed by atoms with Gasteiger partial charge in [-0.2, -0.15) is 0 Å². The number of nitro groups is 1. The monoisotopic (exact) mass is 274 g/mol. The Kier molecular flexibility index (Phi) is 2.42. The number of rotatable bonds is 3. The molecular weight excluding hydrogens is 268 g/mol. The number of pyridine rings is 1. The fraction of sp³-hybridized carbons (Fsp3) is 0. The van der Waals surface area contributed by atoms with Crippen molar-refractivity contribution in [1.82, 2.24) is 24.1 Å². The van der Waals surface area contributed by atoms with Crippen LogP contribution in [0.4, 0.5) is 5.95 Å². The molecule has 0 unspecified atom stereocenters. The van der Waals surface area contributed by atoms with Crippen LogP contribution in [0.3, 0.4) is 0 Å². The highest BCUT2D eigenvalue weighted by Gasteiger charge is 2.24. The Morgan fingerprint density at radius 2 is 2.20 bits per heavy atom. The van der Waals surface area contributed by atoms with Gasteiger partial charge in [0, 0.05) is 11.3 Å². The van der Waals surface area contributed by atoms with Crippen LogP contribution in [0.2, 0.25) is 0 Å². The Hall–Kier alpha value is -3.30. The molecule has 0 saturated carbocycles. The molecule has 0 saturated heterocycles. The molecule has 0 aliphatic heterocycles. The Bertz CT molecular complexity index is 835. The van der Waals surface area contributed by atoms with Crippen LogP contribution in [-0.2, 0) is 0 Å². The third-order valence-corrected chi connectivity index (χ3v) is 2.57. The maximum absolute atomic E-state index is 11.4. The summed E-state index contributed by atoms with van der Waals surface area (Å²) in [4.78, 5) is 28.7. The summed E-state index contributed by atoms with van der Waals surface area (Å²) in [5.74, 6) is -1.89. The molecule has 3 rings (SSSR count). The number of carboxylic acid groups (broad SMARTS) is 1. The summed E-state index contributed by atoms with van der Waals surface area (Å²) in [5, 5.41) is 23.4. The number of carbonyl (C=O) groups is 1. The second-order valence-electron chi connectivity index (χ2n) is 3.76. The molecule has 1 N–H and O–H groups in total. The predicted octanol–water partition coefficient (Wildman–Crippen LogP) is 0.521. The van der Waals surface area contributed by atoms with Gasteiger partial charge in [0.05, 0.1) is 0 Å². The first-order chi connectivity index (χ1) is 9.58. The lowest BCUT2D eigenvalue weighted by atomic mass is 10.4. The van der Waals surface area contributed by atoms with Gasteiger partial charge in [0.15, 0.2) is 5.69 Å². The zero-order valence-electron chi connectivity index (χ0n) is 9.74. The summed E-state index contributed by atoms with van der Waals surface area (Å²) in [6.45, 7) is 0. The fourth-order valence-electron chi connectivity index (χ4n) is 1.78. The van der Waals surface area contributed by atoms with E-state index in [1.165, 1.54) is 10.6 Å². The van der Waals surface area contributed by atoms with Gasteiger partial charge in [-0.1, -0.05) is 11.1 Å². The molecule has 3 aromatic heterocycles. The molecule has 0 amide bonds. The standard InChI is InChI=1S/C10H6N6O4/c17-9(18)7-8(12-6-3-1-2-4-14(6)7)15-5-11-10(13-15)16(19)20/h1-5H,(H,17,18). The summed E-state index contributed by atoms with van der Waals surface area (Å²) in [7, 11) is 0. The molecule has 10 nitrogen and oxygen atoms in total. The lowest BCUT2D eigenvalue weighted by Crippen LogP contribution is -2.08. The molecule has 0 atom stereocenters. The number of carboxylic acids is 1. The van der Waals surface area contributed by atoms with Gasteiger partial charge in [-0.3, -0.25) is 4.40 Å². The van der Waals surface area contributed by atoms with E-state index >= 15 is 0 Å². The summed E-state index contributed by atoms with van der Waals surface area (Å²) in [5.41, 5.74) is 0.235. The summed E-state index contributed by atoms with van der Waals surface area (Å²) in [6, 6.07) is 4.96. The van der Waals surface area contributed by atoms with E-state index in [-0.39, 0.29) is 11.5 Å². The van der Waals surface area contributed by atoms with Crippen LogP contribution >= 0.6 is 0 Å². The van der Waals surface area contributed by atoms with E-state index < -0.39 is 16.8 Å². The minimum absolute atomic E-state index is 0.0377. The number of aromatic carboxylic acids is 1. The number of hydrogen-bond donors (Lipinski definition) is 1. The Morgan fingerprint density at radius 3 is 2.85 bits per heavy atom. The van der Waals surface area contributed by atoms with E-state index in [0.29, 0.717) is 5.65 Å². The zero-order valence-corrected chi connectivity index (χ0v) is 9.74. The van der Waals surface area contributed by atoms with Crippen LogP contribution in [0.1, 0.15) is 10.5 Å². The summed E-state index contributed by atoms with van der Waals surface area (Å²) in [6.07, 6.45) is 2.58. The molecule has 0 fully saturated rings. The van der Waals surface area contributed by atoms with Gasteiger partial charge in [-0.25, -0.2) is 9.78 Å². The molecule has 100 valence electrons. The second kappa shape index (κ2) is 4.12. The molecule has 3 aromatic rings. The van der Waals surface area contributed by atoms with E-state index in [2.05, 4.69) is 15.1 Å².